The van der Waals surface area contributed by atoms with Crippen LogP contribution in [0.2, 0.25) is 0 Å². The molecular formula is C21H22N3O3+. The maximum atomic E-state index is 12.5. The molecule has 138 valence electrons. The normalized spacial score (nSPS) is 20.7. The van der Waals surface area contributed by atoms with E-state index in [1.165, 1.54) is 10.5 Å². The monoisotopic (exact) mass is 364 g/mol. The van der Waals surface area contributed by atoms with E-state index in [2.05, 4.69) is 23.5 Å². The minimum Gasteiger partial charge on any atom is -0.486 e. The van der Waals surface area contributed by atoms with Crippen molar-refractivity contribution in [2.45, 2.75) is 18.9 Å². The lowest BCUT2D eigenvalue weighted by Gasteiger charge is -2.24. The number of hydrogen-bond donors (Lipinski definition) is 2. The van der Waals surface area contributed by atoms with E-state index in [0.717, 1.165) is 30.9 Å². The molecule has 0 spiro atoms. The van der Waals surface area contributed by atoms with Gasteiger partial charge in [-0.05, 0) is 36.4 Å². The summed E-state index contributed by atoms with van der Waals surface area (Å²) in [5.74, 6) is 1.55. The molecule has 2 aliphatic rings. The number of carbonyl (C=O) groups excluding carboxylic acids is 1. The third-order valence-electron chi connectivity index (χ3n) is 5.12. The average Bonchev–Trinajstić information content (AvgIpc) is 3.15. The quantitative estimate of drug-likeness (QED) is 0.866. The van der Waals surface area contributed by atoms with Crippen molar-refractivity contribution in [1.82, 2.24) is 0 Å². The Morgan fingerprint density at radius 1 is 1.19 bits per heavy atom. The number of rotatable bonds is 4. The molecular weight excluding hydrogens is 342 g/mol. The van der Waals surface area contributed by atoms with Crippen LogP contribution < -0.4 is 19.7 Å². The van der Waals surface area contributed by atoms with Crippen LogP contribution in [0.5, 0.6) is 11.5 Å². The molecule has 4 rings (SSSR count). The second-order valence-corrected chi connectivity index (χ2v) is 6.92. The van der Waals surface area contributed by atoms with Crippen LogP contribution in [0.15, 0.2) is 42.5 Å². The Labute approximate surface area is 158 Å². The summed E-state index contributed by atoms with van der Waals surface area (Å²) in [6, 6.07) is 15.5. The highest BCUT2D eigenvalue weighted by Crippen LogP contribution is 2.33. The Balaban J connectivity index is 1.44. The number of quaternary nitrogens is 1. The summed E-state index contributed by atoms with van der Waals surface area (Å²) in [7, 11) is 0. The van der Waals surface area contributed by atoms with Crippen LogP contribution in [-0.4, -0.2) is 32.2 Å². The molecule has 2 aromatic rings. The van der Waals surface area contributed by atoms with Crippen LogP contribution in [0.3, 0.4) is 0 Å². The van der Waals surface area contributed by atoms with Crippen LogP contribution in [0.1, 0.15) is 30.0 Å². The summed E-state index contributed by atoms with van der Waals surface area (Å²) in [5.41, 5.74) is 2.38. The number of amides is 1. The minimum atomic E-state index is -0.0375. The largest absolute Gasteiger partial charge is 0.486 e. The van der Waals surface area contributed by atoms with Crippen LogP contribution in [-0.2, 0) is 4.79 Å². The van der Waals surface area contributed by atoms with Gasteiger partial charge in [0.15, 0.2) is 18.0 Å². The third kappa shape index (κ3) is 3.88. The van der Waals surface area contributed by atoms with Gasteiger partial charge in [-0.25, -0.2) is 0 Å². The van der Waals surface area contributed by atoms with Crippen molar-refractivity contribution in [3.05, 3.63) is 53.6 Å². The molecule has 6 heteroatoms. The molecule has 6 nitrogen and oxygen atoms in total. The van der Waals surface area contributed by atoms with Crippen LogP contribution >= 0.6 is 0 Å². The molecule has 1 fully saturated rings. The molecule has 1 amide bonds. The Kier molecular flexibility index (Phi) is 4.95. The number of benzene rings is 2. The molecule has 2 aromatic carbocycles. The summed E-state index contributed by atoms with van der Waals surface area (Å²) in [5, 5.41) is 11.9. The Hall–Kier alpha value is -3.04. The number of anilines is 1. The molecule has 2 heterocycles. The van der Waals surface area contributed by atoms with Gasteiger partial charge in [0, 0.05) is 24.1 Å². The first kappa shape index (κ1) is 17.4. The molecule has 1 saturated heterocycles. The molecule has 0 bridgehead atoms. The van der Waals surface area contributed by atoms with Gasteiger partial charge in [0.05, 0.1) is 18.2 Å². The zero-order valence-electron chi connectivity index (χ0n) is 15.0. The number of nitrogens with zero attached hydrogens (tertiary/aromatic N) is 1. The summed E-state index contributed by atoms with van der Waals surface area (Å²) < 4.78 is 11.3. The fraction of sp³-hybridized carbons (Fsp3) is 0.333. The van der Waals surface area contributed by atoms with Gasteiger partial charge in [-0.1, -0.05) is 6.07 Å². The third-order valence-corrected chi connectivity index (χ3v) is 5.12. The number of ether oxygens (including phenoxy) is 2. The molecule has 0 aliphatic carbocycles. The van der Waals surface area contributed by atoms with Crippen molar-refractivity contribution in [3.63, 3.8) is 0 Å². The number of hydrogen-bond acceptors (Lipinski definition) is 4. The molecule has 2 N–H and O–H groups in total. The number of likely N-dealkylation sites (tertiary alicyclic amines) is 1. The lowest BCUT2D eigenvalue weighted by atomic mass is 10.0. The van der Waals surface area contributed by atoms with Gasteiger partial charge in [0.1, 0.15) is 19.3 Å². The number of fused-ring (bicyclic) bond motifs is 1. The molecule has 2 aliphatic heterocycles. The zero-order chi connectivity index (χ0) is 18.6. The van der Waals surface area contributed by atoms with Crippen LogP contribution in [0.4, 0.5) is 5.69 Å². The van der Waals surface area contributed by atoms with Gasteiger partial charge >= 0.3 is 0 Å². The van der Waals surface area contributed by atoms with Gasteiger partial charge in [-0.3, -0.25) is 4.79 Å². The van der Waals surface area contributed by atoms with E-state index in [1.54, 1.807) is 24.3 Å². The Bertz CT molecular complexity index is 890. The fourth-order valence-corrected chi connectivity index (χ4v) is 3.88. The maximum absolute atomic E-state index is 12.5. The Morgan fingerprint density at radius 2 is 2.04 bits per heavy atom. The average molecular weight is 364 g/mol. The number of nitrogens with one attached hydrogen (secondary N) is 2. The standard InChI is InChI=1S/C21H21N3O3/c22-13-15-3-1-4-17(11-15)23-21(25)14-24-8-2-5-18(24)16-6-7-19-20(12-16)27-10-9-26-19/h1,3-4,6-7,11-12,18H,2,5,8-10,14H2,(H,23,25)/p+1/t18-/m0/s1. The van der Waals surface area contributed by atoms with E-state index >= 15 is 0 Å². The van der Waals surface area contributed by atoms with Crippen LogP contribution in [0.25, 0.3) is 0 Å². The summed E-state index contributed by atoms with van der Waals surface area (Å²) in [4.78, 5) is 13.8. The molecule has 0 radical (unpaired) electrons. The highest BCUT2D eigenvalue weighted by molar-refractivity contribution is 5.91. The van der Waals surface area contributed by atoms with Gasteiger partial charge < -0.3 is 19.7 Å². The van der Waals surface area contributed by atoms with Crippen molar-refractivity contribution in [3.8, 4) is 17.6 Å². The lowest BCUT2D eigenvalue weighted by Crippen LogP contribution is -3.11. The smallest absolute Gasteiger partial charge is 0.279 e. The van der Waals surface area contributed by atoms with Crippen molar-refractivity contribution in [1.29, 1.82) is 5.26 Å². The second kappa shape index (κ2) is 7.68. The highest BCUT2D eigenvalue weighted by atomic mass is 16.6. The van der Waals surface area contributed by atoms with Gasteiger partial charge in [0.2, 0.25) is 0 Å². The number of nitriles is 1. The molecule has 0 saturated carbocycles. The molecule has 1 unspecified atom stereocenters. The van der Waals surface area contributed by atoms with E-state index in [-0.39, 0.29) is 11.9 Å². The van der Waals surface area contributed by atoms with Gasteiger partial charge in [-0.15, -0.1) is 0 Å². The summed E-state index contributed by atoms with van der Waals surface area (Å²) in [6.45, 7) is 2.52. The fourth-order valence-electron chi connectivity index (χ4n) is 3.88. The van der Waals surface area contributed by atoms with Gasteiger partial charge in [-0.2, -0.15) is 5.26 Å². The van der Waals surface area contributed by atoms with Crippen molar-refractivity contribution < 1.29 is 19.2 Å². The van der Waals surface area contributed by atoms with E-state index in [1.807, 2.05) is 6.07 Å². The number of carbonyl (C=O) groups is 1. The van der Waals surface area contributed by atoms with E-state index in [0.29, 0.717) is 31.0 Å². The van der Waals surface area contributed by atoms with E-state index < -0.39 is 0 Å². The first-order valence-electron chi connectivity index (χ1n) is 9.27. The van der Waals surface area contributed by atoms with Crippen LogP contribution in [0, 0.1) is 11.3 Å². The maximum Gasteiger partial charge on any atom is 0.279 e. The minimum absolute atomic E-state index is 0.0375. The lowest BCUT2D eigenvalue weighted by molar-refractivity contribution is -0.910. The predicted octanol–water partition coefficient (Wildman–Crippen LogP) is 1.69. The molecule has 27 heavy (non-hydrogen) atoms. The Morgan fingerprint density at radius 3 is 2.89 bits per heavy atom. The predicted molar refractivity (Wildman–Crippen MR) is 99.9 cm³/mol. The summed E-state index contributed by atoms with van der Waals surface area (Å²) in [6.07, 6.45) is 2.14. The van der Waals surface area contributed by atoms with Crippen molar-refractivity contribution in [2.75, 3.05) is 31.6 Å². The first-order valence-corrected chi connectivity index (χ1v) is 9.27. The van der Waals surface area contributed by atoms with E-state index in [4.69, 9.17) is 14.7 Å². The van der Waals surface area contributed by atoms with E-state index in [9.17, 15) is 4.79 Å². The zero-order valence-corrected chi connectivity index (χ0v) is 15.0. The van der Waals surface area contributed by atoms with Gasteiger partial charge in [0.25, 0.3) is 5.91 Å². The second-order valence-electron chi connectivity index (χ2n) is 6.92. The SMILES string of the molecule is N#Cc1cccc(NC(=O)C[NH+]2CCC[C@H]2c2ccc3c(c2)OCCO3)c1. The first-order chi connectivity index (χ1) is 13.2. The molecule has 2 atom stereocenters. The molecule has 0 aromatic heterocycles. The topological polar surface area (TPSA) is 75.8 Å². The van der Waals surface area contributed by atoms with Crippen molar-refractivity contribution in [2.24, 2.45) is 0 Å². The van der Waals surface area contributed by atoms with Crippen molar-refractivity contribution >= 4 is 11.6 Å². The highest BCUT2D eigenvalue weighted by Gasteiger charge is 2.32. The summed E-state index contributed by atoms with van der Waals surface area (Å²) >= 11 is 0.